The second kappa shape index (κ2) is 6.54. The van der Waals surface area contributed by atoms with E-state index in [4.69, 9.17) is 0 Å². The summed E-state index contributed by atoms with van der Waals surface area (Å²) in [5.74, 6) is -0.264. The van der Waals surface area contributed by atoms with Crippen LogP contribution in [0.1, 0.15) is 11.1 Å². The molecule has 1 heterocycles. The molecule has 0 radical (unpaired) electrons. The van der Waals surface area contributed by atoms with Crippen molar-refractivity contribution in [3.63, 3.8) is 0 Å². The van der Waals surface area contributed by atoms with Gasteiger partial charge in [-0.3, -0.25) is 4.79 Å². The lowest BCUT2D eigenvalue weighted by Gasteiger charge is -1.94. The maximum absolute atomic E-state index is 11.7. The smallest absolute Gasteiger partial charge is 0.264 e. The molecule has 1 aromatic heterocycles. The topological polar surface area (TPSA) is 57.2 Å². The van der Waals surface area contributed by atoms with Crippen LogP contribution in [-0.2, 0) is 4.79 Å². The average molecular weight is 289 g/mol. The fraction of sp³-hybridized carbons (Fsp3) is 0. The van der Waals surface area contributed by atoms with Crippen molar-refractivity contribution < 1.29 is 4.79 Å². The molecule has 3 rings (SSSR count). The van der Waals surface area contributed by atoms with Gasteiger partial charge in [0.1, 0.15) is 0 Å². The Kier molecular flexibility index (Phi) is 4.11. The van der Waals surface area contributed by atoms with Gasteiger partial charge in [-0.25, -0.2) is 5.43 Å². The Balaban J connectivity index is 1.62. The predicted molar refractivity (Wildman–Crippen MR) is 89.5 cm³/mol. The summed E-state index contributed by atoms with van der Waals surface area (Å²) in [5, 5.41) is 5.05. The van der Waals surface area contributed by atoms with Crippen molar-refractivity contribution in [2.24, 2.45) is 5.10 Å². The summed E-state index contributed by atoms with van der Waals surface area (Å²) < 4.78 is 0. The van der Waals surface area contributed by atoms with Crippen LogP contribution in [0.25, 0.3) is 17.0 Å². The van der Waals surface area contributed by atoms with Crippen LogP contribution in [0.3, 0.4) is 0 Å². The number of amides is 1. The number of hydrogen-bond donors (Lipinski definition) is 2. The Morgan fingerprint density at radius 3 is 2.68 bits per heavy atom. The van der Waals surface area contributed by atoms with Crippen LogP contribution < -0.4 is 5.43 Å². The summed E-state index contributed by atoms with van der Waals surface area (Å²) in [6.45, 7) is 0. The van der Waals surface area contributed by atoms with E-state index in [0.717, 1.165) is 22.0 Å². The third kappa shape index (κ3) is 3.30. The van der Waals surface area contributed by atoms with Gasteiger partial charge in [0.15, 0.2) is 0 Å². The molecular formula is C18H15N3O. The summed E-state index contributed by atoms with van der Waals surface area (Å²) in [6, 6.07) is 17.6. The van der Waals surface area contributed by atoms with Crippen LogP contribution in [-0.4, -0.2) is 17.1 Å². The first-order valence-corrected chi connectivity index (χ1v) is 6.95. The molecule has 0 aliphatic carbocycles. The van der Waals surface area contributed by atoms with Crippen molar-refractivity contribution in [2.45, 2.75) is 0 Å². The highest BCUT2D eigenvalue weighted by Crippen LogP contribution is 2.15. The SMILES string of the molecule is O=C(C=Cc1ccccc1)NN=Cc1c[nH]c2ccccc12. The lowest BCUT2D eigenvalue weighted by molar-refractivity contribution is -0.116. The van der Waals surface area contributed by atoms with Crippen LogP contribution in [0.4, 0.5) is 0 Å². The van der Waals surface area contributed by atoms with E-state index in [1.54, 1.807) is 12.3 Å². The second-order valence-electron chi connectivity index (χ2n) is 4.77. The standard InChI is InChI=1S/C18H15N3O/c22-18(11-10-14-6-2-1-3-7-14)21-20-13-15-12-19-17-9-5-4-8-16(15)17/h1-13,19H,(H,21,22). The Bertz CT molecular complexity index is 832. The lowest BCUT2D eigenvalue weighted by Crippen LogP contribution is -2.13. The molecule has 0 aliphatic rings. The quantitative estimate of drug-likeness (QED) is 0.432. The van der Waals surface area contributed by atoms with Crippen molar-refractivity contribution in [3.8, 4) is 0 Å². The summed E-state index contributed by atoms with van der Waals surface area (Å²) in [7, 11) is 0. The van der Waals surface area contributed by atoms with E-state index in [9.17, 15) is 4.79 Å². The van der Waals surface area contributed by atoms with Gasteiger partial charge >= 0.3 is 0 Å². The van der Waals surface area contributed by atoms with Crippen LogP contribution in [0.2, 0.25) is 0 Å². The normalized spacial score (nSPS) is 11.5. The molecule has 0 atom stereocenters. The van der Waals surface area contributed by atoms with Gasteiger partial charge in [0.05, 0.1) is 6.21 Å². The highest BCUT2D eigenvalue weighted by atomic mass is 16.2. The first-order valence-electron chi connectivity index (χ1n) is 6.95. The Morgan fingerprint density at radius 1 is 1.05 bits per heavy atom. The lowest BCUT2D eigenvalue weighted by atomic mass is 10.2. The molecule has 0 spiro atoms. The summed E-state index contributed by atoms with van der Waals surface area (Å²) >= 11 is 0. The van der Waals surface area contributed by atoms with Gasteiger partial charge in [0.2, 0.25) is 0 Å². The molecule has 4 nitrogen and oxygen atoms in total. The van der Waals surface area contributed by atoms with E-state index >= 15 is 0 Å². The zero-order valence-electron chi connectivity index (χ0n) is 11.9. The van der Waals surface area contributed by atoms with Gasteiger partial charge in [0.25, 0.3) is 5.91 Å². The maximum Gasteiger partial charge on any atom is 0.264 e. The van der Waals surface area contributed by atoms with Gasteiger partial charge in [0, 0.05) is 28.7 Å². The molecule has 1 amide bonds. The summed E-state index contributed by atoms with van der Waals surface area (Å²) in [4.78, 5) is 14.8. The summed E-state index contributed by atoms with van der Waals surface area (Å²) in [6.07, 6.45) is 6.70. The van der Waals surface area contributed by atoms with Gasteiger partial charge < -0.3 is 4.98 Å². The number of carbonyl (C=O) groups excluding carboxylic acids is 1. The van der Waals surface area contributed by atoms with Gasteiger partial charge in [-0.05, 0) is 17.7 Å². The van der Waals surface area contributed by atoms with Crippen molar-refractivity contribution in [2.75, 3.05) is 0 Å². The van der Waals surface area contributed by atoms with E-state index in [1.807, 2.05) is 60.8 Å². The van der Waals surface area contributed by atoms with Gasteiger partial charge in [-0.2, -0.15) is 5.10 Å². The molecule has 108 valence electrons. The minimum atomic E-state index is -0.264. The molecule has 0 saturated heterocycles. The zero-order valence-corrected chi connectivity index (χ0v) is 11.9. The molecule has 0 unspecified atom stereocenters. The second-order valence-corrected chi connectivity index (χ2v) is 4.77. The number of hydrazone groups is 1. The van der Waals surface area contributed by atoms with E-state index < -0.39 is 0 Å². The minimum Gasteiger partial charge on any atom is -0.361 e. The van der Waals surface area contributed by atoms with Gasteiger partial charge in [-0.1, -0.05) is 48.5 Å². The first kappa shape index (κ1) is 13.8. The number of nitrogens with zero attached hydrogens (tertiary/aromatic N) is 1. The molecule has 2 aromatic carbocycles. The summed E-state index contributed by atoms with van der Waals surface area (Å²) in [5.41, 5.74) is 5.43. The molecule has 0 aliphatic heterocycles. The molecule has 0 fully saturated rings. The van der Waals surface area contributed by atoms with Crippen molar-refractivity contribution in [3.05, 3.63) is 78.0 Å². The number of para-hydroxylation sites is 1. The van der Waals surface area contributed by atoms with Crippen LogP contribution in [0.15, 0.2) is 72.0 Å². The Morgan fingerprint density at radius 2 is 1.82 bits per heavy atom. The maximum atomic E-state index is 11.7. The van der Waals surface area contributed by atoms with Crippen molar-refractivity contribution in [1.29, 1.82) is 0 Å². The number of carbonyl (C=O) groups is 1. The van der Waals surface area contributed by atoms with Crippen LogP contribution in [0, 0.1) is 0 Å². The van der Waals surface area contributed by atoms with Gasteiger partial charge in [-0.15, -0.1) is 0 Å². The third-order valence-corrected chi connectivity index (χ3v) is 3.23. The number of aromatic nitrogens is 1. The van der Waals surface area contributed by atoms with Crippen molar-refractivity contribution in [1.82, 2.24) is 10.4 Å². The van der Waals surface area contributed by atoms with Crippen LogP contribution in [0.5, 0.6) is 0 Å². The van der Waals surface area contributed by atoms with E-state index in [0.29, 0.717) is 0 Å². The highest BCUT2D eigenvalue weighted by Gasteiger charge is 1.99. The molecule has 3 aromatic rings. The number of nitrogens with one attached hydrogen (secondary N) is 2. The average Bonchev–Trinajstić information content (AvgIpc) is 2.97. The molecular weight excluding hydrogens is 274 g/mol. The number of hydrogen-bond acceptors (Lipinski definition) is 2. The van der Waals surface area contributed by atoms with E-state index in [-0.39, 0.29) is 5.91 Å². The van der Waals surface area contributed by atoms with Crippen LogP contribution >= 0.6 is 0 Å². The molecule has 4 heteroatoms. The molecule has 0 saturated carbocycles. The van der Waals surface area contributed by atoms with E-state index in [2.05, 4.69) is 15.5 Å². The molecule has 0 bridgehead atoms. The number of aromatic amines is 1. The zero-order chi connectivity index (χ0) is 15.2. The highest BCUT2D eigenvalue weighted by molar-refractivity contribution is 5.99. The number of benzene rings is 2. The number of H-pyrrole nitrogens is 1. The number of fused-ring (bicyclic) bond motifs is 1. The van der Waals surface area contributed by atoms with E-state index in [1.165, 1.54) is 6.08 Å². The Hall–Kier alpha value is -3.14. The Labute approximate surface area is 128 Å². The fourth-order valence-corrected chi connectivity index (χ4v) is 2.14. The monoisotopic (exact) mass is 289 g/mol. The minimum absolute atomic E-state index is 0.264. The molecule has 2 N–H and O–H groups in total. The first-order chi connectivity index (χ1) is 10.8. The molecule has 22 heavy (non-hydrogen) atoms. The largest absolute Gasteiger partial charge is 0.361 e. The van der Waals surface area contributed by atoms with Crippen molar-refractivity contribution >= 4 is 29.1 Å². The fourth-order valence-electron chi connectivity index (χ4n) is 2.14. The predicted octanol–water partition coefficient (Wildman–Crippen LogP) is 3.33. The third-order valence-electron chi connectivity index (χ3n) is 3.23. The number of rotatable bonds is 4.